The van der Waals surface area contributed by atoms with Crippen LogP contribution in [-0.4, -0.2) is 23.8 Å². The molecule has 15 heavy (non-hydrogen) atoms. The summed E-state index contributed by atoms with van der Waals surface area (Å²) in [6.45, 7) is 7.05. The Labute approximate surface area is 94.5 Å². The molecule has 0 aromatic heterocycles. The largest absolute Gasteiger partial charge is 0.395 e. The summed E-state index contributed by atoms with van der Waals surface area (Å²) in [5.41, 5.74) is 0. The molecule has 2 N–H and O–H groups in total. The zero-order chi connectivity index (χ0) is 11.3. The van der Waals surface area contributed by atoms with E-state index in [0.29, 0.717) is 18.0 Å². The summed E-state index contributed by atoms with van der Waals surface area (Å²) in [4.78, 5) is 0. The second kappa shape index (κ2) is 6.49. The summed E-state index contributed by atoms with van der Waals surface area (Å²) < 4.78 is 0. The number of rotatable bonds is 5. The van der Waals surface area contributed by atoms with Crippen LogP contribution in [0.2, 0.25) is 0 Å². The van der Waals surface area contributed by atoms with Crippen LogP contribution in [0.4, 0.5) is 0 Å². The van der Waals surface area contributed by atoms with Crippen LogP contribution in [0.25, 0.3) is 0 Å². The van der Waals surface area contributed by atoms with E-state index in [0.717, 1.165) is 12.3 Å². The lowest BCUT2D eigenvalue weighted by Gasteiger charge is -2.31. The molecule has 0 radical (unpaired) electrons. The maximum Gasteiger partial charge on any atom is 0.0584 e. The van der Waals surface area contributed by atoms with E-state index in [1.165, 1.54) is 25.7 Å². The van der Waals surface area contributed by atoms with Crippen LogP contribution in [0.15, 0.2) is 0 Å². The van der Waals surface area contributed by atoms with Crippen LogP contribution < -0.4 is 5.32 Å². The Bertz CT molecular complexity index is 168. The summed E-state index contributed by atoms with van der Waals surface area (Å²) in [5, 5.41) is 12.9. The fourth-order valence-corrected chi connectivity index (χ4v) is 2.68. The number of hydrogen-bond acceptors (Lipinski definition) is 2. The maximum absolute atomic E-state index is 9.31. The minimum absolute atomic E-state index is 0.281. The summed E-state index contributed by atoms with van der Waals surface area (Å²) in [5.74, 6) is 1.52. The predicted octanol–water partition coefficient (Wildman–Crippen LogP) is 2.56. The highest BCUT2D eigenvalue weighted by Crippen LogP contribution is 2.24. The summed E-state index contributed by atoms with van der Waals surface area (Å²) in [6.07, 6.45) is 6.39. The molecule has 1 fully saturated rings. The van der Waals surface area contributed by atoms with E-state index in [1.807, 2.05) is 0 Å². The molecule has 3 atom stereocenters. The van der Waals surface area contributed by atoms with Gasteiger partial charge < -0.3 is 10.4 Å². The summed E-state index contributed by atoms with van der Waals surface area (Å²) >= 11 is 0. The Balaban J connectivity index is 2.30. The van der Waals surface area contributed by atoms with Gasteiger partial charge in [-0.3, -0.25) is 0 Å². The molecule has 0 spiro atoms. The van der Waals surface area contributed by atoms with E-state index in [-0.39, 0.29) is 6.61 Å². The quantitative estimate of drug-likeness (QED) is 0.735. The maximum atomic E-state index is 9.31. The molecule has 0 aliphatic heterocycles. The van der Waals surface area contributed by atoms with E-state index < -0.39 is 0 Å². The number of hydrogen-bond donors (Lipinski definition) is 2. The molecule has 0 aromatic rings. The highest BCUT2D eigenvalue weighted by Gasteiger charge is 2.21. The molecule has 1 aliphatic rings. The van der Waals surface area contributed by atoms with Crippen LogP contribution >= 0.6 is 0 Å². The molecule has 1 aliphatic carbocycles. The number of aliphatic hydroxyl groups is 1. The third-order valence-electron chi connectivity index (χ3n) is 3.38. The van der Waals surface area contributed by atoms with Gasteiger partial charge in [-0.05, 0) is 31.1 Å². The molecule has 0 bridgehead atoms. The van der Waals surface area contributed by atoms with Crippen LogP contribution in [0.1, 0.15) is 52.9 Å². The molecule has 2 heteroatoms. The third-order valence-corrected chi connectivity index (χ3v) is 3.38. The molecule has 0 amide bonds. The lowest BCUT2D eigenvalue weighted by molar-refractivity contribution is 0.191. The summed E-state index contributed by atoms with van der Waals surface area (Å²) in [7, 11) is 0. The van der Waals surface area contributed by atoms with Crippen molar-refractivity contribution in [1.82, 2.24) is 5.32 Å². The zero-order valence-corrected chi connectivity index (χ0v) is 10.5. The van der Waals surface area contributed by atoms with Crippen LogP contribution in [0.5, 0.6) is 0 Å². The third kappa shape index (κ3) is 4.98. The topological polar surface area (TPSA) is 32.3 Å². The van der Waals surface area contributed by atoms with Crippen LogP contribution in [0.3, 0.4) is 0 Å². The number of aliphatic hydroxyl groups excluding tert-OH is 1. The van der Waals surface area contributed by atoms with Crippen molar-refractivity contribution in [2.45, 2.75) is 65.0 Å². The molecule has 90 valence electrons. The van der Waals surface area contributed by atoms with Crippen molar-refractivity contribution in [2.75, 3.05) is 6.61 Å². The molecular formula is C13H27NO. The van der Waals surface area contributed by atoms with Crippen molar-refractivity contribution in [2.24, 2.45) is 11.8 Å². The molecule has 1 rings (SSSR count). The smallest absolute Gasteiger partial charge is 0.0584 e. The van der Waals surface area contributed by atoms with Crippen molar-refractivity contribution >= 4 is 0 Å². The van der Waals surface area contributed by atoms with E-state index in [2.05, 4.69) is 26.1 Å². The molecule has 2 nitrogen and oxygen atoms in total. The van der Waals surface area contributed by atoms with Crippen molar-refractivity contribution in [3.05, 3.63) is 0 Å². The Morgan fingerprint density at radius 1 is 1.33 bits per heavy atom. The van der Waals surface area contributed by atoms with Crippen molar-refractivity contribution in [3.63, 3.8) is 0 Å². The fraction of sp³-hybridized carbons (Fsp3) is 1.00. The molecule has 1 saturated carbocycles. The van der Waals surface area contributed by atoms with Gasteiger partial charge in [-0.1, -0.05) is 33.6 Å². The second-order valence-corrected chi connectivity index (χ2v) is 5.64. The average Bonchev–Trinajstić information content (AvgIpc) is 2.16. The van der Waals surface area contributed by atoms with Crippen LogP contribution in [-0.2, 0) is 0 Å². The lowest BCUT2D eigenvalue weighted by Crippen LogP contribution is -2.43. The van der Waals surface area contributed by atoms with Gasteiger partial charge in [-0.2, -0.15) is 0 Å². The van der Waals surface area contributed by atoms with E-state index in [1.54, 1.807) is 0 Å². The highest BCUT2D eigenvalue weighted by molar-refractivity contribution is 4.80. The van der Waals surface area contributed by atoms with Crippen molar-refractivity contribution in [3.8, 4) is 0 Å². The van der Waals surface area contributed by atoms with Gasteiger partial charge in [0.15, 0.2) is 0 Å². The van der Waals surface area contributed by atoms with Crippen molar-refractivity contribution in [1.29, 1.82) is 0 Å². The molecule has 0 heterocycles. The van der Waals surface area contributed by atoms with Gasteiger partial charge in [0.1, 0.15) is 0 Å². The Morgan fingerprint density at radius 2 is 2.07 bits per heavy atom. The first kappa shape index (κ1) is 13.0. The fourth-order valence-electron chi connectivity index (χ4n) is 2.68. The molecule has 0 saturated heterocycles. The predicted molar refractivity (Wildman–Crippen MR) is 64.9 cm³/mol. The van der Waals surface area contributed by atoms with Crippen molar-refractivity contribution < 1.29 is 5.11 Å². The Hall–Kier alpha value is -0.0800. The summed E-state index contributed by atoms with van der Waals surface area (Å²) in [6, 6.07) is 0.949. The van der Waals surface area contributed by atoms with Gasteiger partial charge in [0, 0.05) is 12.1 Å². The minimum atomic E-state index is 0.281. The monoisotopic (exact) mass is 213 g/mol. The van der Waals surface area contributed by atoms with Gasteiger partial charge in [-0.25, -0.2) is 0 Å². The van der Waals surface area contributed by atoms with Gasteiger partial charge in [0.25, 0.3) is 0 Å². The van der Waals surface area contributed by atoms with Crippen LogP contribution in [0, 0.1) is 11.8 Å². The van der Waals surface area contributed by atoms with Gasteiger partial charge in [0.2, 0.25) is 0 Å². The average molecular weight is 213 g/mol. The van der Waals surface area contributed by atoms with Gasteiger partial charge >= 0.3 is 0 Å². The highest BCUT2D eigenvalue weighted by atomic mass is 16.3. The first-order valence-corrected chi connectivity index (χ1v) is 6.48. The van der Waals surface area contributed by atoms with Gasteiger partial charge in [0.05, 0.1) is 6.61 Å². The standard InChI is InChI=1S/C13H27NO/c1-10(2)7-13(9-15)14-12-6-4-5-11(3)8-12/h10-15H,4-9H2,1-3H3/t11-,12-,13+/m1/s1. The first-order chi connectivity index (χ1) is 7.11. The van der Waals surface area contributed by atoms with E-state index in [4.69, 9.17) is 0 Å². The second-order valence-electron chi connectivity index (χ2n) is 5.64. The molecular weight excluding hydrogens is 186 g/mol. The molecule has 0 unspecified atom stereocenters. The SMILES string of the molecule is CC(C)C[C@@H](CO)N[C@@H]1CCC[C@@H](C)C1. The van der Waals surface area contributed by atoms with E-state index in [9.17, 15) is 5.11 Å². The van der Waals surface area contributed by atoms with Gasteiger partial charge in [-0.15, -0.1) is 0 Å². The van der Waals surface area contributed by atoms with E-state index >= 15 is 0 Å². The lowest BCUT2D eigenvalue weighted by atomic mass is 9.86. The number of nitrogens with one attached hydrogen (secondary N) is 1. The molecule has 0 aromatic carbocycles. The minimum Gasteiger partial charge on any atom is -0.395 e. The first-order valence-electron chi connectivity index (χ1n) is 6.48. The zero-order valence-electron chi connectivity index (χ0n) is 10.5. The normalized spacial score (nSPS) is 29.4. The Kier molecular flexibility index (Phi) is 5.62. The Morgan fingerprint density at radius 3 is 2.60 bits per heavy atom.